The van der Waals surface area contributed by atoms with E-state index in [1.54, 1.807) is 24.3 Å². The van der Waals surface area contributed by atoms with Crippen molar-refractivity contribution >= 4 is 28.0 Å². The van der Waals surface area contributed by atoms with Gasteiger partial charge in [-0.1, -0.05) is 6.07 Å². The number of nitrogens with two attached hydrogens (primary N) is 1. The molecule has 0 bridgehead atoms. The van der Waals surface area contributed by atoms with Gasteiger partial charge in [0.15, 0.2) is 11.6 Å². The second-order valence-corrected chi connectivity index (χ2v) is 4.81. The number of nitrogens with zero attached hydrogens (tertiary/aromatic N) is 1. The van der Waals surface area contributed by atoms with Crippen LogP contribution >= 0.6 is 0 Å². The van der Waals surface area contributed by atoms with Gasteiger partial charge in [0.05, 0.1) is 11.2 Å². The van der Waals surface area contributed by atoms with Gasteiger partial charge in [0.2, 0.25) is 0 Å². The minimum atomic E-state index is -0.913. The lowest BCUT2D eigenvalue weighted by atomic mass is 10.1. The molecule has 0 aliphatic heterocycles. The van der Waals surface area contributed by atoms with Crippen molar-refractivity contribution in [2.75, 3.05) is 11.1 Å². The van der Waals surface area contributed by atoms with Gasteiger partial charge in [-0.05, 0) is 43.3 Å². The van der Waals surface area contributed by atoms with Gasteiger partial charge in [0, 0.05) is 22.5 Å². The first-order valence-electron chi connectivity index (χ1n) is 6.42. The van der Waals surface area contributed by atoms with E-state index in [0.717, 1.165) is 22.7 Å². The van der Waals surface area contributed by atoms with Crippen molar-refractivity contribution < 1.29 is 8.78 Å². The summed E-state index contributed by atoms with van der Waals surface area (Å²) >= 11 is 0. The van der Waals surface area contributed by atoms with Crippen LogP contribution in [-0.4, -0.2) is 4.98 Å². The van der Waals surface area contributed by atoms with Gasteiger partial charge in [-0.15, -0.1) is 0 Å². The Morgan fingerprint density at radius 1 is 1.05 bits per heavy atom. The van der Waals surface area contributed by atoms with Crippen molar-refractivity contribution in [3.05, 3.63) is 59.8 Å². The van der Waals surface area contributed by atoms with E-state index in [1.165, 1.54) is 12.1 Å². The summed E-state index contributed by atoms with van der Waals surface area (Å²) in [6.45, 7) is 1.84. The number of fused-ring (bicyclic) bond motifs is 1. The average Bonchev–Trinajstić information content (AvgIpc) is 2.44. The highest BCUT2D eigenvalue weighted by molar-refractivity contribution is 5.95. The average molecular weight is 285 g/mol. The molecule has 0 aliphatic carbocycles. The van der Waals surface area contributed by atoms with E-state index in [9.17, 15) is 8.78 Å². The molecular formula is C16H13F2N3. The molecular weight excluding hydrogens is 272 g/mol. The smallest absolute Gasteiger partial charge is 0.182 e. The summed E-state index contributed by atoms with van der Waals surface area (Å²) in [5.41, 5.74) is 8.58. The predicted molar refractivity (Wildman–Crippen MR) is 80.5 cm³/mol. The van der Waals surface area contributed by atoms with Gasteiger partial charge in [-0.3, -0.25) is 4.98 Å². The highest BCUT2D eigenvalue weighted by atomic mass is 19.2. The third-order valence-electron chi connectivity index (χ3n) is 3.18. The van der Waals surface area contributed by atoms with Crippen LogP contribution in [0.3, 0.4) is 0 Å². The lowest BCUT2D eigenvalue weighted by Gasteiger charge is -2.12. The van der Waals surface area contributed by atoms with E-state index < -0.39 is 11.6 Å². The number of nitrogen functional groups attached to an aromatic ring is 1. The minimum absolute atomic E-state index is 0.0734. The fourth-order valence-electron chi connectivity index (χ4n) is 2.22. The molecule has 0 aliphatic rings. The molecule has 3 rings (SSSR count). The molecule has 3 N–H and O–H groups in total. The summed E-state index contributed by atoms with van der Waals surface area (Å²) in [7, 11) is 0. The number of hydrogen-bond donors (Lipinski definition) is 2. The lowest BCUT2D eigenvalue weighted by molar-refractivity contribution is 0.512. The maximum Gasteiger partial charge on any atom is 0.182 e. The van der Waals surface area contributed by atoms with Gasteiger partial charge < -0.3 is 11.1 Å². The Hall–Kier alpha value is -2.69. The second kappa shape index (κ2) is 5.01. The molecule has 0 saturated carbocycles. The Bertz CT molecular complexity index is 831. The van der Waals surface area contributed by atoms with Crippen molar-refractivity contribution in [1.82, 2.24) is 4.98 Å². The van der Waals surface area contributed by atoms with E-state index in [-0.39, 0.29) is 5.69 Å². The number of hydrogen-bond acceptors (Lipinski definition) is 3. The van der Waals surface area contributed by atoms with E-state index in [0.29, 0.717) is 11.4 Å². The number of halogens is 2. The largest absolute Gasteiger partial charge is 0.399 e. The van der Waals surface area contributed by atoms with Crippen LogP contribution in [0.15, 0.2) is 42.5 Å². The van der Waals surface area contributed by atoms with E-state index >= 15 is 0 Å². The zero-order valence-electron chi connectivity index (χ0n) is 11.3. The fraction of sp³-hybridized carbons (Fsp3) is 0.0625. The van der Waals surface area contributed by atoms with E-state index in [1.807, 2.05) is 6.92 Å². The molecule has 3 aromatic rings. The van der Waals surface area contributed by atoms with Crippen LogP contribution in [0.5, 0.6) is 0 Å². The summed E-state index contributed by atoms with van der Waals surface area (Å²) in [4.78, 5) is 4.40. The quantitative estimate of drug-likeness (QED) is 0.695. The number of pyridine rings is 1. The van der Waals surface area contributed by atoms with Gasteiger partial charge in [-0.2, -0.15) is 0 Å². The Labute approximate surface area is 120 Å². The van der Waals surface area contributed by atoms with Gasteiger partial charge >= 0.3 is 0 Å². The number of benzene rings is 2. The molecule has 0 spiro atoms. The molecule has 5 heteroatoms. The first-order valence-corrected chi connectivity index (χ1v) is 6.42. The van der Waals surface area contributed by atoms with Gasteiger partial charge in [0.1, 0.15) is 0 Å². The molecule has 21 heavy (non-hydrogen) atoms. The lowest BCUT2D eigenvalue weighted by Crippen LogP contribution is -1.99. The third kappa shape index (κ3) is 2.50. The number of aromatic nitrogens is 1. The SMILES string of the molecule is Cc1cc(Nc2cccc(F)c2F)c2cc(N)ccc2n1. The normalized spacial score (nSPS) is 10.8. The highest BCUT2D eigenvalue weighted by Gasteiger charge is 2.10. The van der Waals surface area contributed by atoms with E-state index in [2.05, 4.69) is 10.3 Å². The monoisotopic (exact) mass is 285 g/mol. The molecule has 0 saturated heterocycles. The van der Waals surface area contributed by atoms with Crippen LogP contribution < -0.4 is 11.1 Å². The highest BCUT2D eigenvalue weighted by Crippen LogP contribution is 2.29. The maximum atomic E-state index is 13.8. The van der Waals surface area contributed by atoms with E-state index in [4.69, 9.17) is 5.73 Å². The van der Waals surface area contributed by atoms with Gasteiger partial charge in [-0.25, -0.2) is 8.78 Å². The molecule has 0 unspecified atom stereocenters. The molecule has 0 amide bonds. The molecule has 0 atom stereocenters. The van der Waals surface area contributed by atoms with Gasteiger partial charge in [0.25, 0.3) is 0 Å². The van der Waals surface area contributed by atoms with Crippen molar-refractivity contribution in [3.8, 4) is 0 Å². The van der Waals surface area contributed by atoms with Crippen LogP contribution in [0.2, 0.25) is 0 Å². The molecule has 1 aromatic heterocycles. The molecule has 1 heterocycles. The van der Waals surface area contributed by atoms with Crippen LogP contribution in [0.1, 0.15) is 5.69 Å². The predicted octanol–water partition coefficient (Wildman–Crippen LogP) is 4.15. The molecule has 0 fully saturated rings. The molecule has 2 aromatic carbocycles. The van der Waals surface area contributed by atoms with Crippen molar-refractivity contribution in [1.29, 1.82) is 0 Å². The number of anilines is 3. The topological polar surface area (TPSA) is 50.9 Å². The van der Waals surface area contributed by atoms with Crippen molar-refractivity contribution in [2.45, 2.75) is 6.92 Å². The van der Waals surface area contributed by atoms with Crippen LogP contribution in [0, 0.1) is 18.6 Å². The van der Waals surface area contributed by atoms with Crippen LogP contribution in [-0.2, 0) is 0 Å². The Morgan fingerprint density at radius 3 is 2.67 bits per heavy atom. The maximum absolute atomic E-state index is 13.8. The Kier molecular flexibility index (Phi) is 3.17. The zero-order valence-corrected chi connectivity index (χ0v) is 11.3. The van der Waals surface area contributed by atoms with Crippen LogP contribution in [0.25, 0.3) is 10.9 Å². The first kappa shape index (κ1) is 13.3. The number of nitrogens with one attached hydrogen (secondary N) is 1. The Morgan fingerprint density at radius 2 is 1.86 bits per heavy atom. The summed E-state index contributed by atoms with van der Waals surface area (Å²) in [6.07, 6.45) is 0. The third-order valence-corrected chi connectivity index (χ3v) is 3.18. The summed E-state index contributed by atoms with van der Waals surface area (Å²) < 4.78 is 27.1. The summed E-state index contributed by atoms with van der Waals surface area (Å²) in [5, 5.41) is 3.67. The number of rotatable bonds is 2. The Balaban J connectivity index is 2.15. The zero-order chi connectivity index (χ0) is 15.0. The van der Waals surface area contributed by atoms with Crippen molar-refractivity contribution in [2.24, 2.45) is 0 Å². The van der Waals surface area contributed by atoms with Crippen LogP contribution in [0.4, 0.5) is 25.8 Å². The van der Waals surface area contributed by atoms with Crippen molar-refractivity contribution in [3.63, 3.8) is 0 Å². The molecule has 106 valence electrons. The second-order valence-electron chi connectivity index (χ2n) is 4.81. The fourth-order valence-corrected chi connectivity index (χ4v) is 2.22. The number of aryl methyl sites for hydroxylation is 1. The first-order chi connectivity index (χ1) is 10.0. The summed E-state index contributed by atoms with van der Waals surface area (Å²) in [6, 6.07) is 11.1. The summed E-state index contributed by atoms with van der Waals surface area (Å²) in [5.74, 6) is -1.81. The molecule has 0 radical (unpaired) electrons. The minimum Gasteiger partial charge on any atom is -0.399 e. The molecule has 3 nitrogen and oxygen atoms in total. The standard InChI is InChI=1S/C16H13F2N3/c1-9-7-15(11-8-10(19)5-6-13(11)20-9)21-14-4-2-3-12(17)16(14)18/h2-8H,19H2,1H3,(H,20,21).